The molecule has 0 radical (unpaired) electrons. The number of nitrogens with one attached hydrogen (secondary N) is 2. The van der Waals surface area contributed by atoms with Crippen molar-refractivity contribution in [2.45, 2.75) is 6.42 Å². The van der Waals surface area contributed by atoms with Crippen LogP contribution in [0.15, 0.2) is 60.8 Å². The lowest BCUT2D eigenvalue weighted by Crippen LogP contribution is -2.26. The summed E-state index contributed by atoms with van der Waals surface area (Å²) >= 11 is 0. The van der Waals surface area contributed by atoms with Gasteiger partial charge in [0.05, 0.1) is 25.8 Å². The van der Waals surface area contributed by atoms with Gasteiger partial charge in [-0.05, 0) is 36.2 Å². The highest BCUT2D eigenvalue weighted by molar-refractivity contribution is 5.97. The van der Waals surface area contributed by atoms with Gasteiger partial charge in [0.25, 0.3) is 11.6 Å². The highest BCUT2D eigenvalue weighted by Gasteiger charge is 2.16. The van der Waals surface area contributed by atoms with Gasteiger partial charge in [-0.1, -0.05) is 18.2 Å². The maximum atomic E-state index is 12.6. The minimum atomic E-state index is -0.567. The molecule has 2 aromatic carbocycles. The molecule has 8 nitrogen and oxygen atoms in total. The van der Waals surface area contributed by atoms with Crippen LogP contribution in [0.25, 0.3) is 0 Å². The van der Waals surface area contributed by atoms with Crippen molar-refractivity contribution in [2.24, 2.45) is 5.73 Å². The maximum Gasteiger partial charge on any atom is 0.313 e. The van der Waals surface area contributed by atoms with E-state index in [1.165, 1.54) is 20.3 Å². The van der Waals surface area contributed by atoms with Crippen molar-refractivity contribution in [1.29, 1.82) is 0 Å². The van der Waals surface area contributed by atoms with Crippen LogP contribution in [0.4, 0.5) is 0 Å². The number of nitrogens with two attached hydrogens (primary N) is 1. The number of benzene rings is 2. The molecule has 0 aliphatic heterocycles. The molecule has 0 bridgehead atoms. The summed E-state index contributed by atoms with van der Waals surface area (Å²) in [4.78, 5) is 26.6. The summed E-state index contributed by atoms with van der Waals surface area (Å²) in [5, 5.41) is 2.89. The van der Waals surface area contributed by atoms with Gasteiger partial charge in [-0.3, -0.25) is 9.59 Å². The third-order valence-corrected chi connectivity index (χ3v) is 4.52. The number of para-hydroxylation sites is 1. The highest BCUT2D eigenvalue weighted by atomic mass is 16.5. The molecule has 3 aromatic rings. The van der Waals surface area contributed by atoms with Gasteiger partial charge in [-0.2, -0.15) is 0 Å². The lowest BCUT2D eigenvalue weighted by atomic mass is 10.1. The molecule has 0 aliphatic rings. The molecule has 0 aliphatic carbocycles. The Labute approximate surface area is 180 Å². The van der Waals surface area contributed by atoms with Crippen LogP contribution >= 0.6 is 0 Å². The average Bonchev–Trinajstić information content (AvgIpc) is 2.78. The van der Waals surface area contributed by atoms with Gasteiger partial charge < -0.3 is 25.3 Å². The SMILES string of the molecule is COc1cccc(C(=O)NCCc2cccc(Oc3cc[nH+]c(C(N)=O)c3)c2)c1OC. The molecular weight excluding hydrogens is 398 g/mol. The zero-order valence-electron chi connectivity index (χ0n) is 17.3. The fourth-order valence-corrected chi connectivity index (χ4v) is 3.03. The summed E-state index contributed by atoms with van der Waals surface area (Å²) in [5.74, 6) is 1.18. The first kappa shape index (κ1) is 21.6. The number of H-pyrrole nitrogens is 1. The third kappa shape index (κ3) is 5.51. The van der Waals surface area contributed by atoms with Gasteiger partial charge >= 0.3 is 5.91 Å². The van der Waals surface area contributed by atoms with Gasteiger partial charge in [-0.15, -0.1) is 0 Å². The van der Waals surface area contributed by atoms with Crippen LogP contribution in [-0.4, -0.2) is 32.6 Å². The van der Waals surface area contributed by atoms with Gasteiger partial charge in [0.15, 0.2) is 17.7 Å². The third-order valence-electron chi connectivity index (χ3n) is 4.52. The van der Waals surface area contributed by atoms with Crippen LogP contribution in [0.2, 0.25) is 0 Å². The monoisotopic (exact) mass is 422 g/mol. The van der Waals surface area contributed by atoms with E-state index in [1.54, 1.807) is 30.5 Å². The predicted molar refractivity (Wildman–Crippen MR) is 114 cm³/mol. The normalized spacial score (nSPS) is 10.3. The molecule has 1 heterocycles. The molecule has 0 unspecified atom stereocenters. The summed E-state index contributed by atoms with van der Waals surface area (Å²) < 4.78 is 16.4. The molecule has 0 spiro atoms. The first-order chi connectivity index (χ1) is 15.0. The Bertz CT molecular complexity index is 1080. The highest BCUT2D eigenvalue weighted by Crippen LogP contribution is 2.30. The Balaban J connectivity index is 1.61. The average molecular weight is 422 g/mol. The Morgan fingerprint density at radius 2 is 1.77 bits per heavy atom. The number of amides is 2. The summed E-state index contributed by atoms with van der Waals surface area (Å²) in [6.07, 6.45) is 2.19. The molecule has 0 fully saturated rings. The van der Waals surface area contributed by atoms with Crippen LogP contribution < -0.4 is 30.2 Å². The van der Waals surface area contributed by atoms with Gasteiger partial charge in [0.2, 0.25) is 0 Å². The number of hydrogen-bond acceptors (Lipinski definition) is 5. The predicted octanol–water partition coefficient (Wildman–Crippen LogP) is 2.38. The van der Waals surface area contributed by atoms with E-state index < -0.39 is 5.91 Å². The number of ether oxygens (including phenoxy) is 3. The van der Waals surface area contributed by atoms with Crippen LogP contribution in [0.1, 0.15) is 26.4 Å². The van der Waals surface area contributed by atoms with Gasteiger partial charge in [-0.25, -0.2) is 4.98 Å². The summed E-state index contributed by atoms with van der Waals surface area (Å²) in [5.41, 5.74) is 6.92. The number of pyridine rings is 1. The van der Waals surface area contributed by atoms with E-state index in [1.807, 2.05) is 24.3 Å². The molecule has 0 saturated heterocycles. The topological polar surface area (TPSA) is 114 Å². The van der Waals surface area contributed by atoms with E-state index in [-0.39, 0.29) is 11.6 Å². The second kappa shape index (κ2) is 10.1. The lowest BCUT2D eigenvalue weighted by molar-refractivity contribution is -0.382. The fraction of sp³-hybridized carbons (Fsp3) is 0.174. The number of rotatable bonds is 9. The molecule has 1 aromatic heterocycles. The van der Waals surface area contributed by atoms with E-state index in [0.717, 1.165) is 5.56 Å². The number of aromatic amines is 1. The van der Waals surface area contributed by atoms with Gasteiger partial charge in [0, 0.05) is 12.6 Å². The zero-order chi connectivity index (χ0) is 22.2. The Morgan fingerprint density at radius 1 is 1.00 bits per heavy atom. The lowest BCUT2D eigenvalue weighted by Gasteiger charge is -2.12. The van der Waals surface area contributed by atoms with Crippen molar-refractivity contribution in [3.8, 4) is 23.0 Å². The molecule has 31 heavy (non-hydrogen) atoms. The number of carbonyl (C=O) groups is 2. The largest absolute Gasteiger partial charge is 0.493 e. The molecule has 3 rings (SSSR count). The van der Waals surface area contributed by atoms with Crippen LogP contribution in [-0.2, 0) is 6.42 Å². The van der Waals surface area contributed by atoms with Crippen LogP contribution in [0.5, 0.6) is 23.0 Å². The standard InChI is InChI=1S/C23H23N3O5/c1-29-20-8-4-7-18(21(20)30-2)23(28)26-11-9-15-5-3-6-16(13-15)31-17-10-12-25-19(14-17)22(24)27/h3-8,10,12-14H,9,11H2,1-2H3,(H2,24,27)(H,26,28)/p+1. The second-order valence-electron chi connectivity index (χ2n) is 6.60. The molecule has 0 atom stereocenters. The number of hydrogen-bond donors (Lipinski definition) is 2. The van der Waals surface area contributed by atoms with Crippen LogP contribution in [0.3, 0.4) is 0 Å². The van der Waals surface area contributed by atoms with Crippen molar-refractivity contribution in [3.63, 3.8) is 0 Å². The molecule has 2 amide bonds. The number of methoxy groups -OCH3 is 2. The zero-order valence-corrected chi connectivity index (χ0v) is 17.3. The number of aromatic nitrogens is 1. The minimum Gasteiger partial charge on any atom is -0.493 e. The first-order valence-corrected chi connectivity index (χ1v) is 9.59. The molecule has 0 saturated carbocycles. The van der Waals surface area contributed by atoms with Crippen molar-refractivity contribution < 1.29 is 28.8 Å². The summed E-state index contributed by atoms with van der Waals surface area (Å²) in [7, 11) is 3.02. The molecule has 4 N–H and O–H groups in total. The summed E-state index contributed by atoms with van der Waals surface area (Å²) in [6, 6.07) is 15.9. The number of primary amides is 1. The first-order valence-electron chi connectivity index (χ1n) is 9.59. The Hall–Kier alpha value is -4.07. The Kier molecular flexibility index (Phi) is 7.05. The minimum absolute atomic E-state index is 0.248. The van der Waals surface area contributed by atoms with Crippen LogP contribution in [0, 0.1) is 0 Å². The van der Waals surface area contributed by atoms with E-state index in [9.17, 15) is 9.59 Å². The van der Waals surface area contributed by atoms with E-state index >= 15 is 0 Å². The smallest absolute Gasteiger partial charge is 0.313 e. The molecular formula is C23H24N3O5+. The molecule has 8 heteroatoms. The van der Waals surface area contributed by atoms with Gasteiger partial charge in [0.1, 0.15) is 11.5 Å². The maximum absolute atomic E-state index is 12.6. The Morgan fingerprint density at radius 3 is 2.52 bits per heavy atom. The second-order valence-corrected chi connectivity index (χ2v) is 6.60. The molecule has 160 valence electrons. The van der Waals surface area contributed by atoms with Crippen molar-refractivity contribution >= 4 is 11.8 Å². The van der Waals surface area contributed by atoms with E-state index in [4.69, 9.17) is 19.9 Å². The van der Waals surface area contributed by atoms with E-state index in [2.05, 4.69) is 10.3 Å². The quantitative estimate of drug-likeness (QED) is 0.550. The van der Waals surface area contributed by atoms with Crippen molar-refractivity contribution in [1.82, 2.24) is 5.32 Å². The fourth-order valence-electron chi connectivity index (χ4n) is 3.03. The summed E-state index contributed by atoms with van der Waals surface area (Å²) in [6.45, 7) is 0.425. The van der Waals surface area contributed by atoms with Crippen molar-refractivity contribution in [2.75, 3.05) is 20.8 Å². The van der Waals surface area contributed by atoms with Crippen molar-refractivity contribution in [3.05, 3.63) is 77.6 Å². The van der Waals surface area contributed by atoms with E-state index in [0.29, 0.717) is 41.5 Å². The number of carbonyl (C=O) groups excluding carboxylic acids is 2.